The van der Waals surface area contributed by atoms with Crippen molar-refractivity contribution in [3.05, 3.63) is 0 Å². The van der Waals surface area contributed by atoms with Crippen LogP contribution in [0.4, 0.5) is 0 Å². The average molecular weight is 310 g/mol. The van der Waals surface area contributed by atoms with Crippen LogP contribution in [0, 0.1) is 5.41 Å². The fourth-order valence-electron chi connectivity index (χ4n) is 2.63. The minimum Gasteiger partial charge on any atom is -0.327 e. The van der Waals surface area contributed by atoms with Crippen molar-refractivity contribution in [1.29, 1.82) is 0 Å². The molecule has 2 atom stereocenters. The van der Waals surface area contributed by atoms with Gasteiger partial charge in [0.05, 0.1) is 16.8 Å². The highest BCUT2D eigenvalue weighted by molar-refractivity contribution is 7.92. The Kier molecular flexibility index (Phi) is 3.75. The molecule has 2 rings (SSSR count). The molecule has 1 heterocycles. The lowest BCUT2D eigenvalue weighted by molar-refractivity contribution is 0.0901. The monoisotopic (exact) mass is 310 g/mol. The van der Waals surface area contributed by atoms with Gasteiger partial charge in [-0.05, 0) is 24.7 Å². The number of nitrogens with two attached hydrogens (primary N) is 1. The Morgan fingerprint density at radius 1 is 1.21 bits per heavy atom. The van der Waals surface area contributed by atoms with E-state index in [0.717, 1.165) is 0 Å². The van der Waals surface area contributed by atoms with E-state index in [1.807, 2.05) is 13.8 Å². The highest BCUT2D eigenvalue weighted by Gasteiger charge is 2.48. The molecular weight excluding hydrogens is 288 g/mol. The minimum absolute atomic E-state index is 0.00642. The molecule has 1 saturated carbocycles. The minimum atomic E-state index is -3.46. The second kappa shape index (κ2) is 4.68. The van der Waals surface area contributed by atoms with E-state index in [9.17, 15) is 16.8 Å². The normalized spacial score (nSPS) is 34.7. The SMILES string of the molecule is CC1(C)C(N)CC1NS(=O)(=O)C1CCS(=O)(=O)CC1. The smallest absolute Gasteiger partial charge is 0.214 e. The van der Waals surface area contributed by atoms with E-state index in [0.29, 0.717) is 6.42 Å². The van der Waals surface area contributed by atoms with Crippen LogP contribution in [0.15, 0.2) is 0 Å². The maximum Gasteiger partial charge on any atom is 0.214 e. The van der Waals surface area contributed by atoms with Crippen molar-refractivity contribution in [3.8, 4) is 0 Å². The van der Waals surface area contributed by atoms with Gasteiger partial charge in [-0.15, -0.1) is 0 Å². The van der Waals surface area contributed by atoms with E-state index in [1.165, 1.54) is 0 Å². The van der Waals surface area contributed by atoms with Gasteiger partial charge < -0.3 is 5.73 Å². The Morgan fingerprint density at radius 2 is 1.74 bits per heavy atom. The molecule has 0 amide bonds. The summed E-state index contributed by atoms with van der Waals surface area (Å²) in [4.78, 5) is 0. The maximum atomic E-state index is 12.2. The van der Waals surface area contributed by atoms with E-state index < -0.39 is 25.1 Å². The van der Waals surface area contributed by atoms with Crippen LogP contribution in [0.25, 0.3) is 0 Å². The number of sulfone groups is 1. The van der Waals surface area contributed by atoms with Crippen molar-refractivity contribution in [3.63, 3.8) is 0 Å². The average Bonchev–Trinajstić information content (AvgIpc) is 2.28. The predicted molar refractivity (Wildman–Crippen MR) is 73.9 cm³/mol. The molecule has 0 aromatic rings. The largest absolute Gasteiger partial charge is 0.327 e. The number of rotatable bonds is 3. The molecule has 0 aromatic heterocycles. The molecular formula is C11H22N2O4S2. The zero-order valence-electron chi connectivity index (χ0n) is 11.3. The Labute approximate surface area is 115 Å². The van der Waals surface area contributed by atoms with E-state index >= 15 is 0 Å². The fourth-order valence-corrected chi connectivity index (χ4v) is 6.27. The Morgan fingerprint density at radius 3 is 2.16 bits per heavy atom. The summed E-state index contributed by atoms with van der Waals surface area (Å²) < 4.78 is 49.9. The lowest BCUT2D eigenvalue weighted by atomic mass is 9.64. The zero-order valence-corrected chi connectivity index (χ0v) is 12.9. The van der Waals surface area contributed by atoms with Crippen LogP contribution in [0.2, 0.25) is 0 Å². The van der Waals surface area contributed by atoms with Crippen LogP contribution < -0.4 is 10.5 Å². The molecule has 6 nitrogen and oxygen atoms in total. The lowest BCUT2D eigenvalue weighted by Crippen LogP contribution is -2.65. The molecule has 1 aliphatic carbocycles. The molecule has 2 aliphatic rings. The van der Waals surface area contributed by atoms with Gasteiger partial charge in [-0.1, -0.05) is 13.8 Å². The topological polar surface area (TPSA) is 106 Å². The van der Waals surface area contributed by atoms with Gasteiger partial charge in [-0.2, -0.15) is 0 Å². The molecule has 0 bridgehead atoms. The quantitative estimate of drug-likeness (QED) is 0.738. The first-order valence-corrected chi connectivity index (χ1v) is 9.88. The Bertz CT molecular complexity index is 539. The summed E-state index contributed by atoms with van der Waals surface area (Å²) in [7, 11) is -6.50. The number of hydrogen-bond donors (Lipinski definition) is 2. The third-order valence-corrected chi connectivity index (χ3v) is 8.27. The van der Waals surface area contributed by atoms with Crippen LogP contribution in [0.5, 0.6) is 0 Å². The molecule has 0 aromatic carbocycles. The molecule has 2 unspecified atom stereocenters. The Balaban J connectivity index is 2.01. The molecule has 112 valence electrons. The Hall–Kier alpha value is -0.180. The number of nitrogens with one attached hydrogen (secondary N) is 1. The summed E-state index contributed by atoms with van der Waals surface area (Å²) in [6, 6.07) is -0.141. The molecule has 1 aliphatic heterocycles. The van der Waals surface area contributed by atoms with Crippen molar-refractivity contribution < 1.29 is 16.8 Å². The van der Waals surface area contributed by atoms with Crippen molar-refractivity contribution in [1.82, 2.24) is 4.72 Å². The fraction of sp³-hybridized carbons (Fsp3) is 1.00. The molecule has 1 saturated heterocycles. The first kappa shape index (κ1) is 15.2. The van der Waals surface area contributed by atoms with Crippen LogP contribution >= 0.6 is 0 Å². The molecule has 0 spiro atoms. The molecule has 3 N–H and O–H groups in total. The summed E-state index contributed by atoms with van der Waals surface area (Å²) in [6.45, 7) is 3.89. The van der Waals surface area contributed by atoms with Crippen molar-refractivity contribution in [2.75, 3.05) is 11.5 Å². The van der Waals surface area contributed by atoms with Gasteiger partial charge in [-0.3, -0.25) is 0 Å². The summed E-state index contributed by atoms with van der Waals surface area (Å²) in [5.41, 5.74) is 5.62. The van der Waals surface area contributed by atoms with E-state index in [1.54, 1.807) is 0 Å². The first-order chi connectivity index (χ1) is 8.55. The highest BCUT2D eigenvalue weighted by atomic mass is 32.2. The molecule has 8 heteroatoms. The number of hydrogen-bond acceptors (Lipinski definition) is 5. The predicted octanol–water partition coefficient (Wildman–Crippen LogP) is -0.391. The summed E-state index contributed by atoms with van der Waals surface area (Å²) in [5, 5.41) is -0.594. The first-order valence-electron chi connectivity index (χ1n) is 6.52. The van der Waals surface area contributed by atoms with Crippen molar-refractivity contribution >= 4 is 19.9 Å². The number of sulfonamides is 1. The lowest BCUT2D eigenvalue weighted by Gasteiger charge is -2.50. The molecule has 2 fully saturated rings. The summed E-state index contributed by atoms with van der Waals surface area (Å²) in [5.74, 6) is -0.0711. The van der Waals surface area contributed by atoms with Gasteiger partial charge in [-0.25, -0.2) is 21.6 Å². The van der Waals surface area contributed by atoms with E-state index in [4.69, 9.17) is 5.73 Å². The van der Waals surface area contributed by atoms with Crippen LogP contribution in [-0.2, 0) is 19.9 Å². The third-order valence-electron chi connectivity index (χ3n) is 4.59. The van der Waals surface area contributed by atoms with Gasteiger partial charge >= 0.3 is 0 Å². The second-order valence-corrected chi connectivity index (χ2v) is 10.5. The van der Waals surface area contributed by atoms with Crippen LogP contribution in [-0.4, -0.2) is 45.7 Å². The zero-order chi connectivity index (χ0) is 14.5. The van der Waals surface area contributed by atoms with Crippen molar-refractivity contribution in [2.24, 2.45) is 11.1 Å². The standard InChI is InChI=1S/C11H22N2O4S2/c1-11(2)9(12)7-10(11)13-19(16,17)8-3-5-18(14,15)6-4-8/h8-10,13H,3-7,12H2,1-2H3. The third kappa shape index (κ3) is 2.96. The van der Waals surface area contributed by atoms with Crippen LogP contribution in [0.3, 0.4) is 0 Å². The maximum absolute atomic E-state index is 12.2. The van der Waals surface area contributed by atoms with E-state index in [2.05, 4.69) is 4.72 Å². The second-order valence-electron chi connectivity index (χ2n) is 6.23. The highest BCUT2D eigenvalue weighted by Crippen LogP contribution is 2.39. The van der Waals surface area contributed by atoms with Gasteiger partial charge in [0.25, 0.3) is 0 Å². The van der Waals surface area contributed by atoms with Crippen LogP contribution in [0.1, 0.15) is 33.1 Å². The van der Waals surface area contributed by atoms with Gasteiger partial charge in [0, 0.05) is 12.1 Å². The van der Waals surface area contributed by atoms with Gasteiger partial charge in [0.15, 0.2) is 0 Å². The molecule has 0 radical (unpaired) electrons. The summed E-state index contributed by atoms with van der Waals surface area (Å²) >= 11 is 0. The van der Waals surface area contributed by atoms with Crippen molar-refractivity contribution in [2.45, 2.75) is 50.4 Å². The van der Waals surface area contributed by atoms with Gasteiger partial charge in [0.1, 0.15) is 9.84 Å². The molecule has 19 heavy (non-hydrogen) atoms. The summed E-state index contributed by atoms with van der Waals surface area (Å²) in [6.07, 6.45) is 1.02. The van der Waals surface area contributed by atoms with E-state index in [-0.39, 0.29) is 41.8 Å². The van der Waals surface area contributed by atoms with Gasteiger partial charge in [0.2, 0.25) is 10.0 Å².